The van der Waals surface area contributed by atoms with Crippen molar-refractivity contribution in [2.45, 2.75) is 21.9 Å². The summed E-state index contributed by atoms with van der Waals surface area (Å²) in [5.74, 6) is -1.94. The monoisotopic (exact) mass is 578 g/mol. The Morgan fingerprint density at radius 1 is 0.579 bits per heavy atom. The molecule has 188 valence electrons. The number of phenols is 2. The van der Waals surface area contributed by atoms with E-state index in [0.717, 1.165) is 46.2 Å². The van der Waals surface area contributed by atoms with E-state index in [0.29, 0.717) is 30.9 Å². The maximum atomic E-state index is 14.5. The second-order valence-corrected chi connectivity index (χ2v) is 12.9. The van der Waals surface area contributed by atoms with Crippen LogP contribution in [0.15, 0.2) is 89.1 Å². The lowest BCUT2D eigenvalue weighted by Gasteiger charge is -2.35. The van der Waals surface area contributed by atoms with E-state index in [1.165, 1.54) is 24.3 Å². The maximum absolute atomic E-state index is 14.5. The highest BCUT2D eigenvalue weighted by atomic mass is 32.2. The van der Waals surface area contributed by atoms with Gasteiger partial charge in [-0.25, -0.2) is 0 Å². The molecular formula is C26H14N2O6S4. The van der Waals surface area contributed by atoms with Gasteiger partial charge in [0.1, 0.15) is 11.5 Å². The molecule has 0 saturated carbocycles. The molecule has 38 heavy (non-hydrogen) atoms. The summed E-state index contributed by atoms with van der Waals surface area (Å²) < 4.78 is 0. The minimum absolute atomic E-state index is 0.0534. The van der Waals surface area contributed by atoms with E-state index in [-0.39, 0.29) is 53.8 Å². The number of fused-ring (bicyclic) bond motifs is 2. The van der Waals surface area contributed by atoms with Crippen LogP contribution in [0.4, 0.5) is 0 Å². The van der Waals surface area contributed by atoms with Crippen LogP contribution < -0.4 is 9.75 Å². The van der Waals surface area contributed by atoms with Crippen LogP contribution in [0.3, 0.4) is 0 Å². The normalized spacial score (nSPS) is 20.2. The average Bonchev–Trinajstić information content (AvgIpc) is 3.46. The van der Waals surface area contributed by atoms with Gasteiger partial charge >= 0.3 is 9.75 Å². The zero-order chi connectivity index (χ0) is 26.3. The molecule has 4 N–H and O–H groups in total. The van der Waals surface area contributed by atoms with Crippen LogP contribution >= 0.6 is 46.2 Å². The molecule has 2 aliphatic heterocycles. The van der Waals surface area contributed by atoms with Gasteiger partial charge in [-0.05, 0) is 35.4 Å². The number of allylic oxidation sites excluding steroid dienone is 4. The molecule has 4 heterocycles. The number of ketones is 2. The molecule has 2 atom stereocenters. The number of benzene rings is 2. The number of aromatic amines is 2. The molecule has 1 aliphatic carbocycles. The number of nitrogens with one attached hydrogen (secondary N) is 2. The summed E-state index contributed by atoms with van der Waals surface area (Å²) in [5.41, 5.74) is 1.88. The van der Waals surface area contributed by atoms with Gasteiger partial charge in [0.05, 0.1) is 41.5 Å². The largest absolute Gasteiger partial charge is 0.508 e. The van der Waals surface area contributed by atoms with Gasteiger partial charge in [0.2, 0.25) is 5.78 Å². The molecule has 2 aromatic heterocycles. The SMILES string of the molecule is O=C1C2=C(C(=O)C3=C1Sc1[nH]c(=O)sc1C3c1ccc(O)cc1)C(c1ccc(O)cc1)c1sc(=O)[nH]c1S2. The molecule has 3 aliphatic rings. The lowest BCUT2D eigenvalue weighted by atomic mass is 9.76. The first-order valence-corrected chi connectivity index (χ1v) is 14.5. The van der Waals surface area contributed by atoms with Crippen LogP contribution in [0.25, 0.3) is 0 Å². The van der Waals surface area contributed by atoms with E-state index < -0.39 is 11.8 Å². The summed E-state index contributed by atoms with van der Waals surface area (Å²) in [5, 5.41) is 20.8. The number of thiazole rings is 2. The van der Waals surface area contributed by atoms with Gasteiger partial charge in [-0.2, -0.15) is 0 Å². The van der Waals surface area contributed by atoms with Crippen LogP contribution in [0.1, 0.15) is 32.7 Å². The third-order valence-corrected chi connectivity index (χ3v) is 11.1. The number of Topliss-reactive ketones (excluding diaryl/α,β-unsaturated/α-hetero) is 2. The van der Waals surface area contributed by atoms with Crippen molar-refractivity contribution in [3.63, 3.8) is 0 Å². The third kappa shape index (κ3) is 3.44. The van der Waals surface area contributed by atoms with Gasteiger partial charge in [0.15, 0.2) is 5.78 Å². The topological polar surface area (TPSA) is 140 Å². The third-order valence-electron chi connectivity index (χ3n) is 6.64. The van der Waals surface area contributed by atoms with Crippen molar-refractivity contribution in [3.8, 4) is 11.5 Å². The quantitative estimate of drug-likeness (QED) is 0.256. The molecule has 7 rings (SSSR count). The Morgan fingerprint density at radius 2 is 0.974 bits per heavy atom. The van der Waals surface area contributed by atoms with Crippen molar-refractivity contribution in [1.29, 1.82) is 0 Å². The van der Waals surface area contributed by atoms with Crippen molar-refractivity contribution in [3.05, 3.63) is 110 Å². The molecule has 0 bridgehead atoms. The lowest BCUT2D eigenvalue weighted by molar-refractivity contribution is -0.116. The van der Waals surface area contributed by atoms with E-state index in [9.17, 15) is 29.4 Å². The Kier molecular flexibility index (Phi) is 5.24. The predicted octanol–water partition coefficient (Wildman–Crippen LogP) is 4.43. The van der Waals surface area contributed by atoms with Crippen molar-refractivity contribution >= 4 is 57.8 Å². The molecule has 2 unspecified atom stereocenters. The van der Waals surface area contributed by atoms with Crippen LogP contribution in [-0.4, -0.2) is 31.7 Å². The van der Waals surface area contributed by atoms with Gasteiger partial charge in [-0.3, -0.25) is 19.2 Å². The molecule has 8 nitrogen and oxygen atoms in total. The number of H-pyrrole nitrogens is 2. The number of hydrogen-bond donors (Lipinski definition) is 4. The van der Waals surface area contributed by atoms with Gasteiger partial charge in [-0.1, -0.05) is 70.5 Å². The van der Waals surface area contributed by atoms with E-state index in [4.69, 9.17) is 0 Å². The number of rotatable bonds is 2. The second kappa shape index (κ2) is 8.46. The second-order valence-electron chi connectivity index (χ2n) is 8.81. The van der Waals surface area contributed by atoms with Gasteiger partial charge in [0.25, 0.3) is 0 Å². The fourth-order valence-electron chi connectivity index (χ4n) is 5.05. The number of carbonyl (C=O) groups excluding carboxylic acids is 2. The zero-order valence-corrected chi connectivity index (χ0v) is 22.2. The van der Waals surface area contributed by atoms with Crippen LogP contribution in [0.2, 0.25) is 0 Å². The number of thioether (sulfide) groups is 2. The summed E-state index contributed by atoms with van der Waals surface area (Å²) in [6.45, 7) is 0. The Balaban J connectivity index is 1.46. The molecule has 2 aromatic carbocycles. The molecule has 12 heteroatoms. The van der Waals surface area contributed by atoms with Crippen LogP contribution in [0, 0.1) is 0 Å². The van der Waals surface area contributed by atoms with E-state index in [1.807, 2.05) is 0 Å². The standard InChI is InChI=1S/C26H14N2O6S4/c29-11-5-1-9(2-6-11)13-15-17(31)16-14(10-3-7-12(30)8-4-10)22-24(28-26(34)38-22)36-20(16)18(32)19(15)35-23-21(13)37-25(33)27-23/h1-8,13-14,29-30H,(H,27,33)(H,28,34). The Hall–Kier alpha value is -3.58. The van der Waals surface area contributed by atoms with Crippen molar-refractivity contribution in [1.82, 2.24) is 9.97 Å². The number of hydrogen-bond acceptors (Lipinski definition) is 10. The van der Waals surface area contributed by atoms with Crippen molar-refractivity contribution in [2.24, 2.45) is 0 Å². The van der Waals surface area contributed by atoms with Gasteiger partial charge in [0, 0.05) is 11.1 Å². The average molecular weight is 579 g/mol. The highest BCUT2D eigenvalue weighted by Gasteiger charge is 2.49. The highest BCUT2D eigenvalue weighted by Crippen LogP contribution is 2.58. The fraction of sp³-hybridized carbons (Fsp3) is 0.0769. The lowest BCUT2D eigenvalue weighted by Crippen LogP contribution is -2.31. The number of aromatic nitrogens is 2. The summed E-state index contributed by atoms with van der Waals surface area (Å²) in [4.78, 5) is 60.1. The van der Waals surface area contributed by atoms with Crippen LogP contribution in [-0.2, 0) is 9.59 Å². The Bertz CT molecular complexity index is 1740. The van der Waals surface area contributed by atoms with Gasteiger partial charge < -0.3 is 20.2 Å². The molecular weight excluding hydrogens is 565 g/mol. The molecule has 0 spiro atoms. The van der Waals surface area contributed by atoms with E-state index >= 15 is 0 Å². The van der Waals surface area contributed by atoms with Crippen molar-refractivity contribution < 1.29 is 19.8 Å². The maximum Gasteiger partial charge on any atom is 0.305 e. The Labute approximate surface area is 229 Å². The van der Waals surface area contributed by atoms with E-state index in [1.54, 1.807) is 24.3 Å². The molecule has 0 fully saturated rings. The summed E-state index contributed by atoms with van der Waals surface area (Å²) in [6, 6.07) is 12.7. The van der Waals surface area contributed by atoms with E-state index in [2.05, 4.69) is 9.97 Å². The van der Waals surface area contributed by atoms with Crippen LogP contribution in [0.5, 0.6) is 11.5 Å². The smallest absolute Gasteiger partial charge is 0.305 e. The first kappa shape index (κ1) is 23.5. The zero-order valence-electron chi connectivity index (χ0n) is 18.9. The number of phenolic OH excluding ortho intramolecular Hbond substituents is 2. The molecule has 4 aromatic rings. The minimum Gasteiger partial charge on any atom is -0.508 e. The fourth-order valence-corrected chi connectivity index (χ4v) is 9.64. The number of carbonyl (C=O) groups is 2. The summed E-state index contributed by atoms with van der Waals surface area (Å²) in [6.07, 6.45) is 0. The molecule has 0 saturated heterocycles. The highest BCUT2D eigenvalue weighted by molar-refractivity contribution is 8.06. The van der Waals surface area contributed by atoms with Crippen molar-refractivity contribution in [2.75, 3.05) is 0 Å². The number of aromatic hydroxyl groups is 2. The Morgan fingerprint density at radius 3 is 1.37 bits per heavy atom. The first-order chi connectivity index (χ1) is 18.3. The minimum atomic E-state index is -0.687. The summed E-state index contributed by atoms with van der Waals surface area (Å²) in [7, 11) is 0. The van der Waals surface area contributed by atoms with Gasteiger partial charge in [-0.15, -0.1) is 0 Å². The predicted molar refractivity (Wildman–Crippen MR) is 146 cm³/mol. The molecule has 0 radical (unpaired) electrons. The summed E-state index contributed by atoms with van der Waals surface area (Å²) >= 11 is 4.14. The first-order valence-electron chi connectivity index (χ1n) is 11.3. The molecule has 0 amide bonds.